The second kappa shape index (κ2) is 7.10. The predicted octanol–water partition coefficient (Wildman–Crippen LogP) is 3.16. The highest BCUT2D eigenvalue weighted by molar-refractivity contribution is 5.37. The lowest BCUT2D eigenvalue weighted by atomic mass is 10.3. The van der Waals surface area contributed by atoms with Crippen molar-refractivity contribution < 1.29 is 4.74 Å². The standard InChI is InChI=1S/C16H23N3O/c1-4-10-17-12-14-9-11-19(18-14)15-5-7-16(8-6-15)20-13(2)3/h5-9,11,13,17H,4,10,12H2,1-3H3. The second-order valence-electron chi connectivity index (χ2n) is 5.09. The summed E-state index contributed by atoms with van der Waals surface area (Å²) in [5, 5.41) is 7.91. The molecule has 0 fully saturated rings. The zero-order chi connectivity index (χ0) is 14.4. The van der Waals surface area contributed by atoms with Crippen molar-refractivity contribution in [2.24, 2.45) is 0 Å². The molecule has 1 heterocycles. The molecule has 0 radical (unpaired) electrons. The average Bonchev–Trinajstić information content (AvgIpc) is 2.88. The maximum Gasteiger partial charge on any atom is 0.119 e. The summed E-state index contributed by atoms with van der Waals surface area (Å²) in [7, 11) is 0. The molecule has 0 bridgehead atoms. The zero-order valence-corrected chi connectivity index (χ0v) is 12.5. The molecule has 0 spiro atoms. The van der Waals surface area contributed by atoms with Crippen LogP contribution in [0.15, 0.2) is 36.5 Å². The van der Waals surface area contributed by atoms with Crippen LogP contribution < -0.4 is 10.1 Å². The third-order valence-electron chi connectivity index (χ3n) is 2.85. The van der Waals surface area contributed by atoms with Gasteiger partial charge in [-0.2, -0.15) is 5.10 Å². The largest absolute Gasteiger partial charge is 0.491 e. The Morgan fingerprint density at radius 1 is 1.20 bits per heavy atom. The third-order valence-corrected chi connectivity index (χ3v) is 2.85. The van der Waals surface area contributed by atoms with E-state index in [-0.39, 0.29) is 6.10 Å². The number of nitrogens with zero attached hydrogens (tertiary/aromatic N) is 2. The smallest absolute Gasteiger partial charge is 0.119 e. The van der Waals surface area contributed by atoms with Gasteiger partial charge in [-0.15, -0.1) is 0 Å². The Morgan fingerprint density at radius 2 is 1.95 bits per heavy atom. The molecule has 1 aromatic heterocycles. The molecule has 2 rings (SSSR count). The molecule has 0 unspecified atom stereocenters. The highest BCUT2D eigenvalue weighted by Crippen LogP contribution is 2.16. The van der Waals surface area contributed by atoms with E-state index in [4.69, 9.17) is 4.74 Å². The van der Waals surface area contributed by atoms with Gasteiger partial charge in [-0.25, -0.2) is 4.68 Å². The molecular formula is C16H23N3O. The minimum atomic E-state index is 0.196. The first-order valence-corrected chi connectivity index (χ1v) is 7.21. The normalized spacial score (nSPS) is 11.0. The van der Waals surface area contributed by atoms with Gasteiger partial charge in [0.1, 0.15) is 5.75 Å². The Balaban J connectivity index is 2.00. The second-order valence-corrected chi connectivity index (χ2v) is 5.09. The summed E-state index contributed by atoms with van der Waals surface area (Å²) in [5.41, 5.74) is 2.10. The Morgan fingerprint density at radius 3 is 2.60 bits per heavy atom. The summed E-state index contributed by atoms with van der Waals surface area (Å²) in [6, 6.07) is 10.0. The fourth-order valence-electron chi connectivity index (χ4n) is 1.94. The number of hydrogen-bond acceptors (Lipinski definition) is 3. The lowest BCUT2D eigenvalue weighted by Gasteiger charge is -2.10. The molecule has 0 aliphatic heterocycles. The average molecular weight is 273 g/mol. The molecule has 0 aliphatic rings. The summed E-state index contributed by atoms with van der Waals surface area (Å²) >= 11 is 0. The minimum absolute atomic E-state index is 0.196. The van der Waals surface area contributed by atoms with Crippen LogP contribution in [0.1, 0.15) is 32.9 Å². The predicted molar refractivity (Wildman–Crippen MR) is 81.3 cm³/mol. The first-order valence-electron chi connectivity index (χ1n) is 7.21. The van der Waals surface area contributed by atoms with Crippen LogP contribution >= 0.6 is 0 Å². The highest BCUT2D eigenvalue weighted by atomic mass is 16.5. The zero-order valence-electron chi connectivity index (χ0n) is 12.5. The third kappa shape index (κ3) is 4.10. The van der Waals surface area contributed by atoms with E-state index < -0.39 is 0 Å². The maximum absolute atomic E-state index is 5.64. The van der Waals surface area contributed by atoms with Crippen LogP contribution in [0, 0.1) is 0 Å². The van der Waals surface area contributed by atoms with Gasteiger partial charge in [0.25, 0.3) is 0 Å². The summed E-state index contributed by atoms with van der Waals surface area (Å²) in [6.07, 6.45) is 3.32. The van der Waals surface area contributed by atoms with Gasteiger partial charge in [0, 0.05) is 12.7 Å². The van der Waals surface area contributed by atoms with Crippen LogP contribution in [0.25, 0.3) is 5.69 Å². The van der Waals surface area contributed by atoms with E-state index in [1.165, 1.54) is 0 Å². The summed E-state index contributed by atoms with van der Waals surface area (Å²) in [5.74, 6) is 0.890. The van der Waals surface area contributed by atoms with Gasteiger partial charge in [-0.05, 0) is 57.1 Å². The summed E-state index contributed by atoms with van der Waals surface area (Å²) in [4.78, 5) is 0. The quantitative estimate of drug-likeness (QED) is 0.788. The molecule has 0 saturated heterocycles. The highest BCUT2D eigenvalue weighted by Gasteiger charge is 2.02. The molecule has 108 valence electrons. The molecule has 20 heavy (non-hydrogen) atoms. The van der Waals surface area contributed by atoms with Crippen molar-refractivity contribution in [3.05, 3.63) is 42.2 Å². The van der Waals surface area contributed by atoms with Crippen molar-refractivity contribution in [1.82, 2.24) is 15.1 Å². The number of rotatable bonds is 7. The molecule has 1 N–H and O–H groups in total. The number of benzene rings is 1. The Hall–Kier alpha value is -1.81. The van der Waals surface area contributed by atoms with E-state index in [1.54, 1.807) is 0 Å². The van der Waals surface area contributed by atoms with Crippen LogP contribution in [0.3, 0.4) is 0 Å². The Labute approximate surface area is 120 Å². The van der Waals surface area contributed by atoms with Crippen LogP contribution in [-0.2, 0) is 6.54 Å². The summed E-state index contributed by atoms with van der Waals surface area (Å²) < 4.78 is 7.53. The maximum atomic E-state index is 5.64. The first kappa shape index (κ1) is 14.6. The van der Waals surface area contributed by atoms with E-state index >= 15 is 0 Å². The number of hydrogen-bond donors (Lipinski definition) is 1. The monoisotopic (exact) mass is 273 g/mol. The van der Waals surface area contributed by atoms with E-state index in [9.17, 15) is 0 Å². The fourth-order valence-corrected chi connectivity index (χ4v) is 1.94. The first-order chi connectivity index (χ1) is 9.69. The van der Waals surface area contributed by atoms with E-state index in [0.29, 0.717) is 0 Å². The summed E-state index contributed by atoms with van der Waals surface area (Å²) in [6.45, 7) is 8.05. The molecule has 4 heteroatoms. The van der Waals surface area contributed by atoms with Gasteiger partial charge in [-0.1, -0.05) is 6.92 Å². The van der Waals surface area contributed by atoms with Gasteiger partial charge >= 0.3 is 0 Å². The molecular weight excluding hydrogens is 250 g/mol. The lowest BCUT2D eigenvalue weighted by molar-refractivity contribution is 0.242. The fraction of sp³-hybridized carbons (Fsp3) is 0.438. The van der Waals surface area contributed by atoms with Crippen LogP contribution in [-0.4, -0.2) is 22.4 Å². The van der Waals surface area contributed by atoms with E-state index in [0.717, 1.165) is 36.6 Å². The van der Waals surface area contributed by atoms with Crippen molar-refractivity contribution in [3.63, 3.8) is 0 Å². The Bertz CT molecular complexity index is 517. The lowest BCUT2D eigenvalue weighted by Crippen LogP contribution is -2.14. The Kier molecular flexibility index (Phi) is 5.18. The topological polar surface area (TPSA) is 39.1 Å². The van der Waals surface area contributed by atoms with Gasteiger partial charge in [0.15, 0.2) is 0 Å². The molecule has 1 aromatic carbocycles. The number of nitrogens with one attached hydrogen (secondary N) is 1. The van der Waals surface area contributed by atoms with Crippen molar-refractivity contribution in [2.45, 2.75) is 39.8 Å². The van der Waals surface area contributed by atoms with Crippen LogP contribution in [0.4, 0.5) is 0 Å². The number of ether oxygens (including phenoxy) is 1. The van der Waals surface area contributed by atoms with Gasteiger partial charge in [-0.3, -0.25) is 0 Å². The van der Waals surface area contributed by atoms with Gasteiger partial charge in [0.2, 0.25) is 0 Å². The van der Waals surface area contributed by atoms with Crippen molar-refractivity contribution in [2.75, 3.05) is 6.54 Å². The number of aromatic nitrogens is 2. The molecule has 0 amide bonds. The molecule has 4 nitrogen and oxygen atoms in total. The van der Waals surface area contributed by atoms with E-state index in [2.05, 4.69) is 17.3 Å². The van der Waals surface area contributed by atoms with Crippen LogP contribution in [0.5, 0.6) is 5.75 Å². The molecule has 0 atom stereocenters. The van der Waals surface area contributed by atoms with Crippen molar-refractivity contribution in [3.8, 4) is 11.4 Å². The van der Waals surface area contributed by atoms with E-state index in [1.807, 2.05) is 55.1 Å². The molecule has 2 aromatic rings. The van der Waals surface area contributed by atoms with Crippen molar-refractivity contribution in [1.29, 1.82) is 0 Å². The van der Waals surface area contributed by atoms with Gasteiger partial charge in [0.05, 0.1) is 17.5 Å². The molecule has 0 saturated carbocycles. The van der Waals surface area contributed by atoms with Crippen molar-refractivity contribution >= 4 is 0 Å². The van der Waals surface area contributed by atoms with Crippen LogP contribution in [0.2, 0.25) is 0 Å². The molecule has 0 aliphatic carbocycles. The SMILES string of the molecule is CCCNCc1ccn(-c2ccc(OC(C)C)cc2)n1. The van der Waals surface area contributed by atoms with Gasteiger partial charge < -0.3 is 10.1 Å². The minimum Gasteiger partial charge on any atom is -0.491 e.